The monoisotopic (exact) mass is 742 g/mol. The summed E-state index contributed by atoms with van der Waals surface area (Å²) >= 11 is 0. The van der Waals surface area contributed by atoms with Crippen LogP contribution in [0.5, 0.6) is 0 Å². The second-order valence-electron chi connectivity index (χ2n) is 12.6. The molecule has 3 aromatic carbocycles. The normalized spacial score (nSPS) is 13.3. The van der Waals surface area contributed by atoms with E-state index in [-0.39, 0.29) is 30.7 Å². The van der Waals surface area contributed by atoms with E-state index in [0.29, 0.717) is 24.9 Å². The van der Waals surface area contributed by atoms with E-state index in [2.05, 4.69) is 16.0 Å². The van der Waals surface area contributed by atoms with Crippen LogP contribution in [0.1, 0.15) is 72.1 Å². The first kappa shape index (κ1) is 41.6. The number of aryl methyl sites for hydroxylation is 1. The summed E-state index contributed by atoms with van der Waals surface area (Å²) in [6.07, 6.45) is 1.35. The smallest absolute Gasteiger partial charge is 0.368 e. The van der Waals surface area contributed by atoms with Crippen LogP contribution in [0.15, 0.2) is 78.9 Å². The largest absolute Gasteiger partial charge is 0.399 e. The van der Waals surface area contributed by atoms with Gasteiger partial charge in [-0.15, -0.1) is 0 Å². The predicted molar refractivity (Wildman–Crippen MR) is 190 cm³/mol. The number of amides is 4. The number of carbonyl (C=O) groups excluding carboxylic acids is 5. The maximum Gasteiger partial charge on any atom is 0.399 e. The lowest BCUT2D eigenvalue weighted by atomic mass is 9.89. The molecular weight excluding hydrogens is 697 g/mol. The second-order valence-corrected chi connectivity index (χ2v) is 14.2. The predicted octanol–water partition coefficient (Wildman–Crippen LogP) is 3.91. The van der Waals surface area contributed by atoms with E-state index < -0.39 is 66.8 Å². The number of unbranched alkanes of at least 4 members (excludes halogenated alkanes) is 1. The molecule has 0 saturated carbocycles. The number of rotatable bonds is 20. The average molecular weight is 743 g/mol. The highest BCUT2D eigenvalue weighted by molar-refractivity contribution is 7.52. The minimum absolute atomic E-state index is 0.123. The lowest BCUT2D eigenvalue weighted by Crippen LogP contribution is -2.48. The Morgan fingerprint density at radius 2 is 1.40 bits per heavy atom. The van der Waals surface area contributed by atoms with Crippen LogP contribution in [0.2, 0.25) is 0 Å². The Hall–Kier alpha value is -4.78. The highest BCUT2D eigenvalue weighted by Gasteiger charge is 2.50. The van der Waals surface area contributed by atoms with Crippen LogP contribution in [0.25, 0.3) is 0 Å². The molecule has 0 radical (unpaired) electrons. The van der Waals surface area contributed by atoms with Gasteiger partial charge in [-0.05, 0) is 67.3 Å². The van der Waals surface area contributed by atoms with Crippen LogP contribution in [0, 0.1) is 5.92 Å². The summed E-state index contributed by atoms with van der Waals surface area (Å²) in [5, 5.41) is 8.03. The maximum absolute atomic E-state index is 14.3. The molecule has 15 heteroatoms. The van der Waals surface area contributed by atoms with Crippen LogP contribution in [-0.4, -0.2) is 57.8 Å². The van der Waals surface area contributed by atoms with Crippen molar-refractivity contribution >= 4 is 37.0 Å². The number of alkyl halides is 2. The van der Waals surface area contributed by atoms with Crippen LogP contribution in [0.3, 0.4) is 0 Å². The van der Waals surface area contributed by atoms with Gasteiger partial charge in [0.1, 0.15) is 6.04 Å². The Morgan fingerprint density at radius 1 is 0.808 bits per heavy atom. The number of hydrogen-bond acceptors (Lipinski definition) is 6. The molecule has 0 fully saturated rings. The Morgan fingerprint density at radius 3 is 1.96 bits per heavy atom. The van der Waals surface area contributed by atoms with Crippen molar-refractivity contribution in [3.05, 3.63) is 107 Å². The lowest BCUT2D eigenvalue weighted by molar-refractivity contribution is -0.133. The first-order chi connectivity index (χ1) is 24.5. The van der Waals surface area contributed by atoms with E-state index in [1.807, 2.05) is 19.1 Å². The molecule has 0 bridgehead atoms. The number of ketones is 1. The number of nitrogens with one attached hydrogen (secondary N) is 3. The molecule has 52 heavy (non-hydrogen) atoms. The van der Waals surface area contributed by atoms with Crippen LogP contribution in [-0.2, 0) is 48.7 Å². The van der Waals surface area contributed by atoms with Gasteiger partial charge < -0.3 is 31.5 Å². The lowest BCUT2D eigenvalue weighted by Gasteiger charge is -2.24. The minimum Gasteiger partial charge on any atom is -0.368 e. The van der Waals surface area contributed by atoms with Gasteiger partial charge in [0.15, 0.2) is 5.78 Å². The molecule has 0 aliphatic rings. The quantitative estimate of drug-likeness (QED) is 0.0738. The molecule has 280 valence electrons. The van der Waals surface area contributed by atoms with Gasteiger partial charge in [0, 0.05) is 36.9 Å². The van der Waals surface area contributed by atoms with Crippen molar-refractivity contribution in [2.45, 2.75) is 76.5 Å². The highest BCUT2D eigenvalue weighted by Crippen LogP contribution is 2.59. The van der Waals surface area contributed by atoms with Gasteiger partial charge in [-0.1, -0.05) is 73.7 Å². The summed E-state index contributed by atoms with van der Waals surface area (Å²) in [7, 11) is -5.82. The van der Waals surface area contributed by atoms with Crippen LogP contribution >= 0.6 is 7.60 Å². The summed E-state index contributed by atoms with van der Waals surface area (Å²) in [6, 6.07) is 17.9. The van der Waals surface area contributed by atoms with E-state index in [1.54, 1.807) is 42.5 Å². The van der Waals surface area contributed by atoms with Gasteiger partial charge in [0.05, 0.1) is 6.04 Å². The number of halogens is 2. The number of primary amides is 1. The van der Waals surface area contributed by atoms with Crippen molar-refractivity contribution in [3.63, 3.8) is 0 Å². The van der Waals surface area contributed by atoms with Gasteiger partial charge in [-0.3, -0.25) is 28.5 Å². The maximum atomic E-state index is 14.3. The number of carbonyl (C=O) groups is 5. The molecule has 0 aliphatic carbocycles. The Balaban J connectivity index is 1.74. The number of nitrogens with two attached hydrogens (primary N) is 1. The molecule has 0 saturated heterocycles. The zero-order chi connectivity index (χ0) is 38.5. The van der Waals surface area contributed by atoms with Crippen molar-refractivity contribution in [2.24, 2.45) is 11.7 Å². The summed E-state index contributed by atoms with van der Waals surface area (Å²) in [5.41, 5.74) is 2.87. The second kappa shape index (κ2) is 19.2. The van der Waals surface area contributed by atoms with Crippen molar-refractivity contribution in [1.82, 2.24) is 16.0 Å². The topological polar surface area (TPSA) is 205 Å². The fourth-order valence-corrected chi connectivity index (χ4v) is 6.01. The zero-order valence-electron chi connectivity index (χ0n) is 29.0. The highest BCUT2D eigenvalue weighted by atomic mass is 31.2. The van der Waals surface area contributed by atoms with Crippen LogP contribution < -0.4 is 21.7 Å². The van der Waals surface area contributed by atoms with Gasteiger partial charge in [0.25, 0.3) is 5.91 Å². The first-order valence-corrected chi connectivity index (χ1v) is 18.5. The standard InChI is InChI=1S/C37H45F2N4O8P/c1-3-25-12-16-28(17-13-25)35(47)41-20-8-7-11-31(34(40)46)43-36(48)29(21-27-14-18-30(19-15-27)37(38,39)52(49,50)51)23-33(45)32(42-24(2)44)22-26-9-5-4-6-10-26/h4-6,9-10,12-19,29,31-32H,3,7-8,11,20-23H2,1-2H3,(H2,40,46)(H,41,47)(H,42,44)(H,43,48)(H2,49,50,51). The summed E-state index contributed by atoms with van der Waals surface area (Å²) in [6.45, 7) is 3.56. The Kier molecular flexibility index (Phi) is 15.3. The number of hydrogen-bond donors (Lipinski definition) is 6. The SMILES string of the molecule is CCc1ccc(C(=O)NCCCCC(NC(=O)C(CC(=O)C(Cc2ccccc2)NC(C)=O)Cc2ccc(C(F)(F)P(=O)(O)O)cc2)C(N)=O)cc1. The van der Waals surface area contributed by atoms with Gasteiger partial charge >= 0.3 is 13.3 Å². The van der Waals surface area contributed by atoms with Gasteiger partial charge in [-0.2, -0.15) is 8.78 Å². The zero-order valence-corrected chi connectivity index (χ0v) is 29.9. The number of benzene rings is 3. The van der Waals surface area contributed by atoms with E-state index in [1.165, 1.54) is 6.92 Å². The molecule has 12 nitrogen and oxygen atoms in total. The van der Waals surface area contributed by atoms with Crippen molar-refractivity contribution in [3.8, 4) is 0 Å². The molecule has 3 atom stereocenters. The third-order valence-corrected chi connectivity index (χ3v) is 9.50. The Labute approximate surface area is 301 Å². The van der Waals surface area contributed by atoms with Gasteiger partial charge in [0.2, 0.25) is 17.7 Å². The molecule has 3 aromatic rings. The van der Waals surface area contributed by atoms with E-state index in [9.17, 15) is 37.3 Å². The van der Waals surface area contributed by atoms with E-state index in [4.69, 9.17) is 15.5 Å². The van der Waals surface area contributed by atoms with Crippen molar-refractivity contribution < 1.29 is 47.1 Å². The summed E-state index contributed by atoms with van der Waals surface area (Å²) in [5.74, 6) is -3.95. The molecule has 3 rings (SSSR count). The molecule has 0 spiro atoms. The summed E-state index contributed by atoms with van der Waals surface area (Å²) in [4.78, 5) is 82.4. The number of Topliss-reactive ketones (excluding diaryl/α,β-unsaturated/α-hetero) is 1. The summed E-state index contributed by atoms with van der Waals surface area (Å²) < 4.78 is 39.9. The molecule has 0 aliphatic heterocycles. The van der Waals surface area contributed by atoms with Crippen molar-refractivity contribution in [1.29, 1.82) is 0 Å². The molecular formula is C37H45F2N4O8P. The fraction of sp³-hybridized carbons (Fsp3) is 0.378. The van der Waals surface area contributed by atoms with Crippen molar-refractivity contribution in [2.75, 3.05) is 6.54 Å². The molecule has 7 N–H and O–H groups in total. The van der Waals surface area contributed by atoms with Crippen LogP contribution in [0.4, 0.5) is 8.78 Å². The third-order valence-electron chi connectivity index (χ3n) is 8.51. The molecule has 3 unspecified atom stereocenters. The van der Waals surface area contributed by atoms with E-state index >= 15 is 0 Å². The fourth-order valence-electron chi connectivity index (χ4n) is 5.52. The average Bonchev–Trinajstić information content (AvgIpc) is 3.10. The molecule has 0 heterocycles. The van der Waals surface area contributed by atoms with E-state index in [0.717, 1.165) is 41.8 Å². The Bertz CT molecular complexity index is 1730. The molecule has 4 amide bonds. The minimum atomic E-state index is -5.82. The third kappa shape index (κ3) is 12.5. The first-order valence-electron chi connectivity index (χ1n) is 16.8. The van der Waals surface area contributed by atoms with Gasteiger partial charge in [-0.25, -0.2) is 0 Å². The molecule has 0 aromatic heterocycles.